The molecule has 2 aromatic rings. The van der Waals surface area contributed by atoms with E-state index in [1.165, 1.54) is 36.8 Å². The summed E-state index contributed by atoms with van der Waals surface area (Å²) in [5, 5.41) is 0. The van der Waals surface area contributed by atoms with Crippen LogP contribution >= 0.6 is 0 Å². The highest BCUT2D eigenvalue weighted by molar-refractivity contribution is 5.28. The highest BCUT2D eigenvalue weighted by Crippen LogP contribution is 2.46. The van der Waals surface area contributed by atoms with Gasteiger partial charge in [0, 0.05) is 0 Å². The Labute approximate surface area is 116 Å². The van der Waals surface area contributed by atoms with Crippen LogP contribution in [0.15, 0.2) is 60.7 Å². The molecule has 0 amide bonds. The molecule has 0 heteroatoms. The van der Waals surface area contributed by atoms with E-state index in [9.17, 15) is 0 Å². The van der Waals surface area contributed by atoms with Crippen LogP contribution in [0.2, 0.25) is 0 Å². The number of benzene rings is 2. The van der Waals surface area contributed by atoms with E-state index >= 15 is 0 Å². The van der Waals surface area contributed by atoms with Crippen molar-refractivity contribution in [2.75, 3.05) is 0 Å². The second kappa shape index (κ2) is 5.21. The Kier molecular flexibility index (Phi) is 3.42. The lowest BCUT2D eigenvalue weighted by Crippen LogP contribution is -2.28. The Balaban J connectivity index is 1.85. The fraction of sp³-hybridized carbons (Fsp3) is 0.368. The average molecular weight is 250 g/mol. The third kappa shape index (κ3) is 2.45. The van der Waals surface area contributed by atoms with E-state index in [-0.39, 0.29) is 0 Å². The molecule has 0 saturated heterocycles. The molecule has 1 fully saturated rings. The molecule has 0 spiro atoms. The molecule has 0 N–H and O–H groups in total. The highest BCUT2D eigenvalue weighted by atomic mass is 14.4. The molecular weight excluding hydrogens is 228 g/mol. The van der Waals surface area contributed by atoms with E-state index < -0.39 is 0 Å². The molecule has 0 unspecified atom stereocenters. The molecule has 1 aliphatic carbocycles. The second-order valence-corrected chi connectivity index (χ2v) is 6.06. The lowest BCUT2D eigenvalue weighted by Gasteiger charge is -2.32. The van der Waals surface area contributed by atoms with Crippen molar-refractivity contribution in [3.8, 4) is 0 Å². The Morgan fingerprint density at radius 2 is 1.58 bits per heavy atom. The second-order valence-electron chi connectivity index (χ2n) is 6.06. The average Bonchev–Trinajstić information content (AvgIpc) is 2.84. The molecular formula is C19H22. The van der Waals surface area contributed by atoms with Gasteiger partial charge in [0.05, 0.1) is 0 Å². The fourth-order valence-corrected chi connectivity index (χ4v) is 3.66. The molecule has 0 radical (unpaired) electrons. The fourth-order valence-electron chi connectivity index (χ4n) is 3.66. The van der Waals surface area contributed by atoms with E-state index in [4.69, 9.17) is 0 Å². The summed E-state index contributed by atoms with van der Waals surface area (Å²) in [6.45, 7) is 2.46. The van der Waals surface area contributed by atoms with Gasteiger partial charge in [0.15, 0.2) is 0 Å². The minimum absolute atomic E-state index is 0.358. The lowest BCUT2D eigenvalue weighted by molar-refractivity contribution is 0.342. The van der Waals surface area contributed by atoms with Crippen LogP contribution in [-0.2, 0) is 11.8 Å². The van der Waals surface area contributed by atoms with Crippen LogP contribution in [-0.4, -0.2) is 0 Å². The molecule has 1 aliphatic rings. The van der Waals surface area contributed by atoms with Crippen molar-refractivity contribution in [2.45, 2.75) is 38.0 Å². The van der Waals surface area contributed by atoms with Gasteiger partial charge in [0.2, 0.25) is 0 Å². The molecule has 1 saturated carbocycles. The van der Waals surface area contributed by atoms with Gasteiger partial charge >= 0.3 is 0 Å². The monoisotopic (exact) mass is 250 g/mol. The molecule has 2 aromatic carbocycles. The zero-order chi connectivity index (χ0) is 13.1. The topological polar surface area (TPSA) is 0 Å². The predicted octanol–water partition coefficient (Wildman–Crippen LogP) is 4.99. The summed E-state index contributed by atoms with van der Waals surface area (Å²) in [6.07, 6.45) is 5.27. The van der Waals surface area contributed by atoms with Gasteiger partial charge in [-0.05, 0) is 41.7 Å². The van der Waals surface area contributed by atoms with Crippen LogP contribution in [0.4, 0.5) is 0 Å². The third-order valence-electron chi connectivity index (χ3n) is 4.91. The maximum Gasteiger partial charge on any atom is -0.00439 e. The molecule has 0 aliphatic heterocycles. The normalized spacial score (nSPS) is 26.5. The van der Waals surface area contributed by atoms with Gasteiger partial charge in [-0.25, -0.2) is 0 Å². The van der Waals surface area contributed by atoms with Crippen molar-refractivity contribution < 1.29 is 0 Å². The van der Waals surface area contributed by atoms with Gasteiger partial charge in [-0.3, -0.25) is 0 Å². The third-order valence-corrected chi connectivity index (χ3v) is 4.91. The summed E-state index contributed by atoms with van der Waals surface area (Å²) in [4.78, 5) is 0. The van der Waals surface area contributed by atoms with Crippen molar-refractivity contribution in [3.63, 3.8) is 0 Å². The summed E-state index contributed by atoms with van der Waals surface area (Å²) in [6, 6.07) is 22.0. The largest absolute Gasteiger partial charge is 0.0622 e. The molecule has 0 aromatic heterocycles. The molecule has 2 atom stereocenters. The summed E-state index contributed by atoms with van der Waals surface area (Å²) >= 11 is 0. The lowest BCUT2D eigenvalue weighted by atomic mass is 9.72. The van der Waals surface area contributed by atoms with Gasteiger partial charge in [0.1, 0.15) is 0 Å². The minimum atomic E-state index is 0.358. The maximum atomic E-state index is 2.46. The van der Waals surface area contributed by atoms with Crippen molar-refractivity contribution in [1.82, 2.24) is 0 Å². The number of hydrogen-bond acceptors (Lipinski definition) is 0. The van der Waals surface area contributed by atoms with Crippen LogP contribution in [0.1, 0.15) is 37.3 Å². The molecule has 19 heavy (non-hydrogen) atoms. The first-order chi connectivity index (χ1) is 9.29. The summed E-state index contributed by atoms with van der Waals surface area (Å²) < 4.78 is 0. The van der Waals surface area contributed by atoms with Crippen LogP contribution < -0.4 is 0 Å². The zero-order valence-electron chi connectivity index (χ0n) is 11.7. The van der Waals surface area contributed by atoms with Crippen molar-refractivity contribution >= 4 is 0 Å². The molecule has 0 nitrogen and oxygen atoms in total. The number of rotatable bonds is 3. The van der Waals surface area contributed by atoms with E-state index in [1.807, 2.05) is 0 Å². The summed E-state index contributed by atoms with van der Waals surface area (Å²) in [5.74, 6) is 0.775. The van der Waals surface area contributed by atoms with Gasteiger partial charge in [0.25, 0.3) is 0 Å². The van der Waals surface area contributed by atoms with E-state index in [2.05, 4.69) is 67.6 Å². The predicted molar refractivity (Wildman–Crippen MR) is 81.3 cm³/mol. The Hall–Kier alpha value is -1.56. The minimum Gasteiger partial charge on any atom is -0.0622 e. The molecule has 0 bridgehead atoms. The first kappa shape index (κ1) is 12.5. The van der Waals surface area contributed by atoms with E-state index in [0.29, 0.717) is 5.41 Å². The first-order valence-corrected chi connectivity index (χ1v) is 7.38. The van der Waals surface area contributed by atoms with Crippen LogP contribution in [0.3, 0.4) is 0 Å². The van der Waals surface area contributed by atoms with Gasteiger partial charge in [-0.1, -0.05) is 74.0 Å². The Morgan fingerprint density at radius 1 is 0.947 bits per heavy atom. The number of hydrogen-bond donors (Lipinski definition) is 0. The Bertz CT molecular complexity index is 514. The highest BCUT2D eigenvalue weighted by Gasteiger charge is 2.39. The molecule has 0 heterocycles. The SMILES string of the molecule is C[C@@]1(c2ccccc2)CCC[C@@H]1Cc1ccccc1. The standard InChI is InChI=1S/C19H22/c1-19(17-11-6-3-7-12-17)14-8-13-18(19)15-16-9-4-2-5-10-16/h2-7,9-12,18H,8,13-15H2,1H3/t18-,19+/m1/s1. The van der Waals surface area contributed by atoms with Gasteiger partial charge < -0.3 is 0 Å². The molecule has 98 valence electrons. The van der Waals surface area contributed by atoms with Crippen molar-refractivity contribution in [1.29, 1.82) is 0 Å². The Morgan fingerprint density at radius 3 is 2.26 bits per heavy atom. The zero-order valence-corrected chi connectivity index (χ0v) is 11.7. The van der Waals surface area contributed by atoms with E-state index in [1.54, 1.807) is 0 Å². The van der Waals surface area contributed by atoms with Gasteiger partial charge in [-0.2, -0.15) is 0 Å². The van der Waals surface area contributed by atoms with Crippen LogP contribution in [0.5, 0.6) is 0 Å². The first-order valence-electron chi connectivity index (χ1n) is 7.38. The van der Waals surface area contributed by atoms with Crippen LogP contribution in [0.25, 0.3) is 0 Å². The smallest absolute Gasteiger partial charge is 0.00439 e. The maximum absolute atomic E-state index is 2.46. The van der Waals surface area contributed by atoms with Gasteiger partial charge in [-0.15, -0.1) is 0 Å². The van der Waals surface area contributed by atoms with E-state index in [0.717, 1.165) is 5.92 Å². The van der Waals surface area contributed by atoms with Crippen LogP contribution in [0, 0.1) is 5.92 Å². The van der Waals surface area contributed by atoms with Crippen molar-refractivity contribution in [2.24, 2.45) is 5.92 Å². The summed E-state index contributed by atoms with van der Waals surface area (Å²) in [7, 11) is 0. The quantitative estimate of drug-likeness (QED) is 0.720. The summed E-state index contributed by atoms with van der Waals surface area (Å²) in [5.41, 5.74) is 3.36. The van der Waals surface area contributed by atoms with Crippen molar-refractivity contribution in [3.05, 3.63) is 71.8 Å². The molecule has 3 rings (SSSR count).